The van der Waals surface area contributed by atoms with Crippen molar-refractivity contribution in [1.29, 1.82) is 0 Å². The van der Waals surface area contributed by atoms with E-state index in [1.807, 2.05) is 0 Å². The number of halogens is 3. The van der Waals surface area contributed by atoms with Gasteiger partial charge in [-0.15, -0.1) is 18.3 Å². The molecule has 0 saturated heterocycles. The first-order valence-electron chi connectivity index (χ1n) is 4.08. The lowest BCUT2D eigenvalue weighted by molar-refractivity contribution is -0.330. The molecule has 16 heavy (non-hydrogen) atoms. The summed E-state index contributed by atoms with van der Waals surface area (Å²) in [6, 6.07) is 5.89. The van der Waals surface area contributed by atoms with Crippen molar-refractivity contribution in [3.63, 3.8) is 0 Å². The number of rotatable bonds is 1. The largest absolute Gasteiger partial charge is 0.593 e. The van der Waals surface area contributed by atoms with Gasteiger partial charge in [0.05, 0.1) is 5.39 Å². The molecule has 0 saturated carbocycles. The van der Waals surface area contributed by atoms with Crippen molar-refractivity contribution in [3.05, 3.63) is 34.6 Å². The van der Waals surface area contributed by atoms with Crippen molar-refractivity contribution in [3.8, 4) is 0 Å². The molecule has 0 spiro atoms. The van der Waals surface area contributed by atoms with Gasteiger partial charge in [-0.05, 0) is 22.2 Å². The zero-order valence-electron chi connectivity index (χ0n) is 7.60. The molecule has 0 aliphatic rings. The summed E-state index contributed by atoms with van der Waals surface area (Å²) in [5, 5.41) is 6.42. The van der Waals surface area contributed by atoms with Crippen LogP contribution >= 0.6 is 0 Å². The standard InChI is InChI=1S/C8H4F3N3O2/c9-8(10,11)16-14-7(15)5-3-1-2-4-6(5)12-13-14/h1-4H. The number of aromatic nitrogens is 3. The van der Waals surface area contributed by atoms with Crippen LogP contribution in [0.3, 0.4) is 0 Å². The lowest BCUT2D eigenvalue weighted by Gasteiger charge is -2.07. The summed E-state index contributed by atoms with van der Waals surface area (Å²) >= 11 is 0. The Labute approximate surface area is 86.0 Å². The molecule has 0 fully saturated rings. The third kappa shape index (κ3) is 1.95. The fourth-order valence-electron chi connectivity index (χ4n) is 1.13. The maximum absolute atomic E-state index is 11.9. The predicted octanol–water partition coefficient (Wildman–Crippen LogP) is 0.740. The summed E-state index contributed by atoms with van der Waals surface area (Å²) in [5.41, 5.74) is -0.808. The Morgan fingerprint density at radius 3 is 2.62 bits per heavy atom. The molecule has 0 unspecified atom stereocenters. The van der Waals surface area contributed by atoms with Gasteiger partial charge in [-0.25, -0.2) is 0 Å². The molecule has 1 aromatic heterocycles. The number of alkyl halides is 3. The second-order valence-corrected chi connectivity index (χ2v) is 2.82. The van der Waals surface area contributed by atoms with E-state index in [4.69, 9.17) is 0 Å². The van der Waals surface area contributed by atoms with E-state index in [1.165, 1.54) is 18.2 Å². The van der Waals surface area contributed by atoms with Crippen molar-refractivity contribution < 1.29 is 18.0 Å². The Bertz CT molecular complexity index is 578. The second kappa shape index (κ2) is 3.47. The molecular weight excluding hydrogens is 227 g/mol. The van der Waals surface area contributed by atoms with Crippen LogP contribution < -0.4 is 10.4 Å². The highest BCUT2D eigenvalue weighted by Crippen LogP contribution is 2.11. The minimum atomic E-state index is -4.99. The number of benzene rings is 1. The molecule has 0 aliphatic heterocycles. The van der Waals surface area contributed by atoms with Gasteiger partial charge in [-0.2, -0.15) is 0 Å². The minimum absolute atomic E-state index is 0.00162. The van der Waals surface area contributed by atoms with Crippen molar-refractivity contribution >= 4 is 10.9 Å². The Morgan fingerprint density at radius 2 is 1.94 bits per heavy atom. The first-order valence-corrected chi connectivity index (χ1v) is 4.08. The van der Waals surface area contributed by atoms with Gasteiger partial charge in [-0.1, -0.05) is 12.1 Å². The summed E-state index contributed by atoms with van der Waals surface area (Å²) in [6.45, 7) is 0. The summed E-state index contributed by atoms with van der Waals surface area (Å²) < 4.78 is 35.6. The van der Waals surface area contributed by atoms with Crippen LogP contribution in [0, 0.1) is 0 Å². The van der Waals surface area contributed by atoms with Gasteiger partial charge < -0.3 is 0 Å². The number of fused-ring (bicyclic) bond motifs is 1. The highest BCUT2D eigenvalue weighted by molar-refractivity contribution is 5.76. The Morgan fingerprint density at radius 1 is 1.25 bits per heavy atom. The van der Waals surface area contributed by atoms with Crippen molar-refractivity contribution in [1.82, 2.24) is 15.2 Å². The van der Waals surface area contributed by atoms with Crippen LogP contribution in [0.2, 0.25) is 0 Å². The third-order valence-electron chi connectivity index (χ3n) is 1.73. The fraction of sp³-hybridized carbons (Fsp3) is 0.125. The van der Waals surface area contributed by atoms with E-state index >= 15 is 0 Å². The summed E-state index contributed by atoms with van der Waals surface area (Å²) in [6.07, 6.45) is -4.99. The highest BCUT2D eigenvalue weighted by Gasteiger charge is 2.33. The van der Waals surface area contributed by atoms with Gasteiger partial charge in [-0.3, -0.25) is 9.63 Å². The van der Waals surface area contributed by atoms with Crippen LogP contribution in [0.1, 0.15) is 0 Å². The number of hydrogen-bond donors (Lipinski definition) is 0. The highest BCUT2D eigenvalue weighted by atomic mass is 19.4. The van der Waals surface area contributed by atoms with Crippen molar-refractivity contribution in [2.45, 2.75) is 6.36 Å². The molecule has 8 heteroatoms. The predicted molar refractivity (Wildman–Crippen MR) is 46.4 cm³/mol. The summed E-state index contributed by atoms with van der Waals surface area (Å²) in [7, 11) is 0. The van der Waals surface area contributed by atoms with Crippen molar-refractivity contribution in [2.75, 3.05) is 0 Å². The van der Waals surface area contributed by atoms with Gasteiger partial charge in [0.25, 0.3) is 0 Å². The SMILES string of the molecule is O=c1c2ccccc2nnn1OC(F)(F)F. The zero-order chi connectivity index (χ0) is 11.8. The van der Waals surface area contributed by atoms with Gasteiger partial charge in [0.15, 0.2) is 0 Å². The maximum atomic E-state index is 11.9. The molecule has 84 valence electrons. The van der Waals surface area contributed by atoms with Crippen LogP contribution in [0.15, 0.2) is 29.1 Å². The van der Waals surface area contributed by atoms with Crippen LogP contribution in [0.5, 0.6) is 0 Å². The lowest BCUT2D eigenvalue weighted by atomic mass is 10.2. The Balaban J connectivity index is 2.57. The van der Waals surface area contributed by atoms with Crippen LogP contribution in [-0.2, 0) is 0 Å². The number of nitrogens with zero attached hydrogens (tertiary/aromatic N) is 3. The van der Waals surface area contributed by atoms with E-state index in [0.29, 0.717) is 0 Å². The molecule has 5 nitrogen and oxygen atoms in total. The normalized spacial score (nSPS) is 11.7. The second-order valence-electron chi connectivity index (χ2n) is 2.82. The molecule has 0 amide bonds. The van der Waals surface area contributed by atoms with E-state index in [9.17, 15) is 18.0 Å². The van der Waals surface area contributed by atoms with E-state index in [-0.39, 0.29) is 15.7 Å². The molecule has 1 aromatic carbocycles. The van der Waals surface area contributed by atoms with Crippen LogP contribution in [-0.4, -0.2) is 21.5 Å². The maximum Gasteiger partial charge on any atom is 0.593 e. The first-order chi connectivity index (χ1) is 7.47. The van der Waals surface area contributed by atoms with Crippen LogP contribution in [0.25, 0.3) is 10.9 Å². The minimum Gasteiger partial charge on any atom is -0.290 e. The zero-order valence-corrected chi connectivity index (χ0v) is 7.60. The van der Waals surface area contributed by atoms with Gasteiger partial charge in [0.2, 0.25) is 0 Å². The monoisotopic (exact) mass is 231 g/mol. The quantitative estimate of drug-likeness (QED) is 0.726. The lowest BCUT2D eigenvalue weighted by Crippen LogP contribution is -2.37. The molecule has 0 aliphatic carbocycles. The van der Waals surface area contributed by atoms with E-state index in [1.54, 1.807) is 6.07 Å². The molecule has 0 radical (unpaired) electrons. The first kappa shape index (κ1) is 10.4. The van der Waals surface area contributed by atoms with Gasteiger partial charge in [0.1, 0.15) is 5.52 Å². The molecular formula is C8H4F3N3O2. The number of hydrogen-bond acceptors (Lipinski definition) is 4. The van der Waals surface area contributed by atoms with Gasteiger partial charge in [0, 0.05) is 0 Å². The molecule has 0 N–H and O–H groups in total. The van der Waals surface area contributed by atoms with E-state index in [2.05, 4.69) is 15.1 Å². The smallest absolute Gasteiger partial charge is 0.290 e. The molecule has 2 rings (SSSR count). The third-order valence-corrected chi connectivity index (χ3v) is 1.73. The van der Waals surface area contributed by atoms with Crippen molar-refractivity contribution in [2.24, 2.45) is 0 Å². The summed E-state index contributed by atoms with van der Waals surface area (Å²) in [5.74, 6) is 0. The molecule has 1 heterocycles. The Hall–Kier alpha value is -2.12. The van der Waals surface area contributed by atoms with E-state index < -0.39 is 11.9 Å². The van der Waals surface area contributed by atoms with E-state index in [0.717, 1.165) is 0 Å². The fourth-order valence-corrected chi connectivity index (χ4v) is 1.13. The molecule has 2 aromatic rings. The van der Waals surface area contributed by atoms with Crippen LogP contribution in [0.4, 0.5) is 13.2 Å². The molecule has 0 bridgehead atoms. The topological polar surface area (TPSA) is 57.0 Å². The average molecular weight is 231 g/mol. The summed E-state index contributed by atoms with van der Waals surface area (Å²) in [4.78, 5) is 14.6. The Kier molecular flexibility index (Phi) is 2.26. The van der Waals surface area contributed by atoms with Gasteiger partial charge >= 0.3 is 11.9 Å². The molecule has 0 atom stereocenters. The average Bonchev–Trinajstić information content (AvgIpc) is 2.21.